The predicted molar refractivity (Wildman–Crippen MR) is 172 cm³/mol. The molecule has 0 aliphatic carbocycles. The number of nitrogens with zero attached hydrogens (tertiary/aromatic N) is 4. The molecule has 8 nitrogen and oxygen atoms in total. The van der Waals surface area contributed by atoms with Gasteiger partial charge in [-0.15, -0.1) is 0 Å². The number of aliphatic carboxylic acids is 1. The fourth-order valence-corrected chi connectivity index (χ4v) is 6.53. The highest BCUT2D eigenvalue weighted by Crippen LogP contribution is 2.32. The van der Waals surface area contributed by atoms with E-state index < -0.39 is 5.97 Å². The van der Waals surface area contributed by atoms with Crippen LogP contribution in [-0.2, 0) is 24.2 Å². The van der Waals surface area contributed by atoms with Gasteiger partial charge in [0.15, 0.2) is 5.58 Å². The van der Waals surface area contributed by atoms with Gasteiger partial charge >= 0.3 is 5.97 Å². The first-order valence-electron chi connectivity index (χ1n) is 17.0. The van der Waals surface area contributed by atoms with Crippen LogP contribution in [-0.4, -0.2) is 50.3 Å². The molecule has 0 radical (unpaired) electrons. The molecular formula is C35H51FN4O4. The van der Waals surface area contributed by atoms with Crippen molar-refractivity contribution in [2.45, 2.75) is 129 Å². The van der Waals surface area contributed by atoms with Crippen molar-refractivity contribution in [3.05, 3.63) is 57.1 Å². The van der Waals surface area contributed by atoms with Crippen molar-refractivity contribution in [3.8, 4) is 0 Å². The number of unbranched alkanes of at least 4 members (excludes halogenated alkanes) is 8. The predicted octanol–water partition coefficient (Wildman–Crippen LogP) is 7.58. The minimum Gasteiger partial charge on any atom is -0.481 e. The number of carboxylic acids is 1. The molecule has 1 N–H and O–H groups in total. The highest BCUT2D eigenvalue weighted by molar-refractivity contribution is 5.79. The summed E-state index contributed by atoms with van der Waals surface area (Å²) in [5, 5.41) is 13.6. The van der Waals surface area contributed by atoms with Crippen molar-refractivity contribution in [3.63, 3.8) is 0 Å². The molecule has 1 aromatic carbocycles. The summed E-state index contributed by atoms with van der Waals surface area (Å²) >= 11 is 0. The van der Waals surface area contributed by atoms with Gasteiger partial charge in [-0.3, -0.25) is 14.2 Å². The third-order valence-corrected chi connectivity index (χ3v) is 9.19. The molecule has 0 saturated carbocycles. The molecule has 2 aliphatic rings. The zero-order chi connectivity index (χ0) is 31.3. The van der Waals surface area contributed by atoms with Crippen LogP contribution >= 0.6 is 0 Å². The highest BCUT2D eigenvalue weighted by Gasteiger charge is 2.26. The molecule has 4 heterocycles. The number of aromatic nitrogens is 3. The van der Waals surface area contributed by atoms with E-state index in [-0.39, 0.29) is 11.4 Å². The number of carboxylic acid groups (broad SMARTS) is 1. The third kappa shape index (κ3) is 9.71. The van der Waals surface area contributed by atoms with Gasteiger partial charge in [0.2, 0.25) is 0 Å². The number of carbonyl (C=O) groups is 1. The summed E-state index contributed by atoms with van der Waals surface area (Å²) in [4.78, 5) is 30.3. The lowest BCUT2D eigenvalue weighted by molar-refractivity contribution is -0.137. The van der Waals surface area contributed by atoms with E-state index in [1.807, 2.05) is 11.5 Å². The number of piperidine rings is 1. The third-order valence-electron chi connectivity index (χ3n) is 9.19. The van der Waals surface area contributed by atoms with Gasteiger partial charge in [-0.25, -0.2) is 9.37 Å². The standard InChI is InChI=1S/C23H27FN4O2.C12H24O2/c1-15-18(23(29)28-10-3-2-4-21(28)25-15)9-13-27-11-7-16(8-12-27)22-19-6-5-17(24)14-20(19)30-26-22;1-2-3-4-5-6-7-8-9-10-11-12(13)14/h5-6,14,16H,2-4,7-13H2,1H3;2-11H2,1H3,(H,13,14). The van der Waals surface area contributed by atoms with Gasteiger partial charge in [-0.1, -0.05) is 63.4 Å². The van der Waals surface area contributed by atoms with Crippen LogP contribution in [0.4, 0.5) is 4.39 Å². The molecule has 0 unspecified atom stereocenters. The lowest BCUT2D eigenvalue weighted by atomic mass is 9.91. The molecule has 5 rings (SSSR count). The zero-order valence-corrected chi connectivity index (χ0v) is 26.8. The Hall–Kier alpha value is -3.07. The summed E-state index contributed by atoms with van der Waals surface area (Å²) in [6.45, 7) is 7.78. The van der Waals surface area contributed by atoms with Gasteiger partial charge in [0.05, 0.1) is 5.69 Å². The van der Waals surface area contributed by atoms with E-state index >= 15 is 0 Å². The first kappa shape index (κ1) is 33.8. The Labute approximate surface area is 261 Å². The van der Waals surface area contributed by atoms with Crippen LogP contribution in [0, 0.1) is 12.7 Å². The second kappa shape index (κ2) is 17.4. The molecule has 0 atom stereocenters. The first-order chi connectivity index (χ1) is 21.4. The second-order valence-electron chi connectivity index (χ2n) is 12.6. The first-order valence-corrected chi connectivity index (χ1v) is 17.0. The molecule has 2 aliphatic heterocycles. The van der Waals surface area contributed by atoms with E-state index in [0.717, 1.165) is 106 Å². The Morgan fingerprint density at radius 2 is 1.73 bits per heavy atom. The van der Waals surface area contributed by atoms with E-state index in [0.29, 0.717) is 17.9 Å². The quantitative estimate of drug-likeness (QED) is 0.188. The molecule has 0 bridgehead atoms. The van der Waals surface area contributed by atoms with Crippen LogP contribution in [0.1, 0.15) is 126 Å². The average molecular weight is 611 g/mol. The number of hydrogen-bond donors (Lipinski definition) is 1. The van der Waals surface area contributed by atoms with E-state index in [9.17, 15) is 14.0 Å². The minimum atomic E-state index is -0.659. The molecule has 242 valence electrons. The monoisotopic (exact) mass is 610 g/mol. The summed E-state index contributed by atoms with van der Waals surface area (Å²) in [7, 11) is 0. The zero-order valence-electron chi connectivity index (χ0n) is 26.8. The van der Waals surface area contributed by atoms with Gasteiger partial charge < -0.3 is 14.5 Å². The van der Waals surface area contributed by atoms with E-state index in [4.69, 9.17) is 14.6 Å². The van der Waals surface area contributed by atoms with Crippen LogP contribution in [0.25, 0.3) is 11.0 Å². The summed E-state index contributed by atoms with van der Waals surface area (Å²) in [5.41, 5.74) is 3.38. The Kier molecular flexibility index (Phi) is 13.4. The normalized spacial score (nSPS) is 15.6. The van der Waals surface area contributed by atoms with Crippen molar-refractivity contribution in [1.82, 2.24) is 19.6 Å². The molecule has 0 amide bonds. The van der Waals surface area contributed by atoms with Crippen LogP contribution < -0.4 is 5.56 Å². The van der Waals surface area contributed by atoms with E-state index in [1.54, 1.807) is 6.07 Å². The van der Waals surface area contributed by atoms with Crippen LogP contribution in [0.3, 0.4) is 0 Å². The summed E-state index contributed by atoms with van der Waals surface area (Å²) in [6, 6.07) is 4.63. The van der Waals surface area contributed by atoms with E-state index in [1.165, 1.54) is 57.1 Å². The number of aryl methyl sites for hydroxylation is 2. The number of hydrogen-bond acceptors (Lipinski definition) is 6. The SMILES string of the molecule is CCCCCCCCCCCC(=O)O.Cc1nc2n(c(=O)c1CCN1CCC(c3noc4cc(F)ccc34)CC1)CCCC2. The molecule has 44 heavy (non-hydrogen) atoms. The minimum absolute atomic E-state index is 0.161. The largest absolute Gasteiger partial charge is 0.481 e. The average Bonchev–Trinajstić information content (AvgIpc) is 3.43. The molecule has 0 spiro atoms. The van der Waals surface area contributed by atoms with Crippen LogP contribution in [0.2, 0.25) is 0 Å². The van der Waals surface area contributed by atoms with Gasteiger partial charge in [0, 0.05) is 54.6 Å². The van der Waals surface area contributed by atoms with Gasteiger partial charge in [0.1, 0.15) is 11.6 Å². The molecular weight excluding hydrogens is 559 g/mol. The summed E-state index contributed by atoms with van der Waals surface area (Å²) in [5.74, 6) is 0.314. The number of fused-ring (bicyclic) bond motifs is 2. The molecule has 1 saturated heterocycles. The van der Waals surface area contributed by atoms with Gasteiger partial charge in [-0.2, -0.15) is 0 Å². The smallest absolute Gasteiger partial charge is 0.303 e. The van der Waals surface area contributed by atoms with Gasteiger partial charge in [0.25, 0.3) is 5.56 Å². The van der Waals surface area contributed by atoms with Crippen molar-refractivity contribution in [1.29, 1.82) is 0 Å². The van der Waals surface area contributed by atoms with Gasteiger partial charge in [-0.05, 0) is 70.7 Å². The summed E-state index contributed by atoms with van der Waals surface area (Å²) < 4.78 is 20.6. The van der Waals surface area contributed by atoms with Crippen LogP contribution in [0.15, 0.2) is 27.5 Å². The molecule has 2 aromatic heterocycles. The Morgan fingerprint density at radius 3 is 2.43 bits per heavy atom. The Balaban J connectivity index is 0.000000269. The maximum Gasteiger partial charge on any atom is 0.303 e. The maximum absolute atomic E-state index is 13.4. The summed E-state index contributed by atoms with van der Waals surface area (Å²) in [6.07, 6.45) is 17.3. The fourth-order valence-electron chi connectivity index (χ4n) is 6.53. The van der Waals surface area contributed by atoms with Crippen LogP contribution in [0.5, 0.6) is 0 Å². The number of benzene rings is 1. The molecule has 3 aromatic rings. The number of rotatable bonds is 14. The maximum atomic E-state index is 13.4. The topological polar surface area (TPSA) is 101 Å². The lowest BCUT2D eigenvalue weighted by Crippen LogP contribution is -2.37. The Morgan fingerprint density at radius 1 is 1.02 bits per heavy atom. The van der Waals surface area contributed by atoms with E-state index in [2.05, 4.69) is 17.0 Å². The number of likely N-dealkylation sites (tertiary alicyclic amines) is 1. The lowest BCUT2D eigenvalue weighted by Gasteiger charge is -2.31. The molecule has 1 fully saturated rings. The second-order valence-corrected chi connectivity index (χ2v) is 12.6. The fraction of sp³-hybridized carbons (Fsp3) is 0.657. The Bertz CT molecular complexity index is 1390. The van der Waals surface area contributed by atoms with Crippen molar-refractivity contribution in [2.24, 2.45) is 0 Å². The van der Waals surface area contributed by atoms with Crippen molar-refractivity contribution < 1.29 is 18.8 Å². The molecule has 9 heteroatoms. The highest BCUT2D eigenvalue weighted by atomic mass is 19.1. The van der Waals surface area contributed by atoms with Crippen molar-refractivity contribution in [2.75, 3.05) is 19.6 Å². The van der Waals surface area contributed by atoms with Crippen molar-refractivity contribution >= 4 is 16.9 Å². The number of halogens is 1.